The summed E-state index contributed by atoms with van der Waals surface area (Å²) in [6.07, 6.45) is 5.82. The fourth-order valence-electron chi connectivity index (χ4n) is 2.59. The molecule has 1 amide bonds. The third kappa shape index (κ3) is 4.52. The molecule has 0 aromatic carbocycles. The lowest BCUT2D eigenvalue weighted by Gasteiger charge is -2.21. The minimum atomic E-state index is 0.188. The highest BCUT2D eigenvalue weighted by atomic mass is 16.1. The van der Waals surface area contributed by atoms with E-state index in [0.717, 1.165) is 6.54 Å². The van der Waals surface area contributed by atoms with Crippen molar-refractivity contribution in [3.63, 3.8) is 0 Å². The second-order valence-corrected chi connectivity index (χ2v) is 5.06. The fraction of sp³-hybridized carbons (Fsp3) is 0.923. The van der Waals surface area contributed by atoms with Gasteiger partial charge in [-0.25, -0.2) is 0 Å². The van der Waals surface area contributed by atoms with E-state index in [1.54, 1.807) is 0 Å². The van der Waals surface area contributed by atoms with Crippen molar-refractivity contribution in [3.8, 4) is 0 Å². The number of nitrogens with one attached hydrogen (secondary N) is 2. The molecule has 1 aliphatic rings. The first-order valence-corrected chi connectivity index (χ1v) is 6.66. The molecule has 1 rings (SSSR count). The summed E-state index contributed by atoms with van der Waals surface area (Å²) >= 11 is 0. The van der Waals surface area contributed by atoms with E-state index in [2.05, 4.69) is 31.4 Å². The summed E-state index contributed by atoms with van der Waals surface area (Å²) in [5, 5.41) is 6.39. The maximum Gasteiger partial charge on any atom is 0.221 e. The summed E-state index contributed by atoms with van der Waals surface area (Å²) in [5.74, 6) is 0.895. The van der Waals surface area contributed by atoms with E-state index in [1.807, 2.05) is 0 Å². The van der Waals surface area contributed by atoms with Gasteiger partial charge in [0.2, 0.25) is 5.91 Å². The Morgan fingerprint density at radius 1 is 1.31 bits per heavy atom. The molecule has 2 N–H and O–H groups in total. The average molecular weight is 226 g/mol. The van der Waals surface area contributed by atoms with Gasteiger partial charge in [-0.15, -0.1) is 0 Å². The van der Waals surface area contributed by atoms with Crippen LogP contribution in [0.2, 0.25) is 0 Å². The number of hydrogen-bond acceptors (Lipinski definition) is 2. The van der Waals surface area contributed by atoms with Crippen molar-refractivity contribution in [2.75, 3.05) is 6.54 Å². The Kier molecular flexibility index (Phi) is 5.81. The summed E-state index contributed by atoms with van der Waals surface area (Å²) in [6, 6.07) is 0.629. The van der Waals surface area contributed by atoms with Crippen molar-refractivity contribution in [2.24, 2.45) is 5.92 Å². The first-order chi connectivity index (χ1) is 7.63. The minimum Gasteiger partial charge on any atom is -0.353 e. The summed E-state index contributed by atoms with van der Waals surface area (Å²) in [4.78, 5) is 11.7. The highest BCUT2D eigenvalue weighted by Gasteiger charge is 2.22. The van der Waals surface area contributed by atoms with E-state index in [9.17, 15) is 4.79 Å². The number of amides is 1. The van der Waals surface area contributed by atoms with Gasteiger partial charge in [-0.2, -0.15) is 0 Å². The largest absolute Gasteiger partial charge is 0.353 e. The zero-order valence-corrected chi connectivity index (χ0v) is 10.9. The molecule has 0 aromatic rings. The molecule has 3 nitrogen and oxygen atoms in total. The Bertz CT molecular complexity index is 212. The lowest BCUT2D eigenvalue weighted by Crippen LogP contribution is -2.40. The lowest BCUT2D eigenvalue weighted by atomic mass is 9.99. The molecule has 0 heterocycles. The molecule has 1 saturated carbocycles. The van der Waals surface area contributed by atoms with Crippen LogP contribution in [0.3, 0.4) is 0 Å². The van der Waals surface area contributed by atoms with Gasteiger partial charge in [-0.1, -0.05) is 19.8 Å². The highest BCUT2D eigenvalue weighted by molar-refractivity contribution is 5.76. The van der Waals surface area contributed by atoms with Crippen LogP contribution in [0.15, 0.2) is 0 Å². The molecule has 3 heteroatoms. The first-order valence-electron chi connectivity index (χ1n) is 6.66. The number of carbonyl (C=O) groups is 1. The number of hydrogen-bond donors (Lipinski definition) is 2. The van der Waals surface area contributed by atoms with Crippen LogP contribution in [0, 0.1) is 5.92 Å². The molecule has 16 heavy (non-hydrogen) atoms. The topological polar surface area (TPSA) is 41.1 Å². The smallest absolute Gasteiger partial charge is 0.221 e. The van der Waals surface area contributed by atoms with E-state index in [1.165, 1.54) is 25.7 Å². The Balaban J connectivity index is 2.22. The van der Waals surface area contributed by atoms with Gasteiger partial charge in [-0.05, 0) is 39.2 Å². The Labute approximate surface area is 99.4 Å². The third-order valence-electron chi connectivity index (χ3n) is 3.54. The molecular weight excluding hydrogens is 200 g/mol. The monoisotopic (exact) mass is 226 g/mol. The normalized spacial score (nSPS) is 20.7. The van der Waals surface area contributed by atoms with Crippen LogP contribution in [-0.2, 0) is 4.79 Å². The van der Waals surface area contributed by atoms with Crippen molar-refractivity contribution in [1.82, 2.24) is 10.6 Å². The quantitative estimate of drug-likeness (QED) is 0.728. The molecule has 0 spiro atoms. The molecular formula is C13H26N2O. The van der Waals surface area contributed by atoms with Crippen LogP contribution in [0.5, 0.6) is 0 Å². The van der Waals surface area contributed by atoms with Crippen LogP contribution in [0.1, 0.15) is 52.9 Å². The first kappa shape index (κ1) is 13.5. The molecule has 2 atom stereocenters. The third-order valence-corrected chi connectivity index (χ3v) is 3.54. The lowest BCUT2D eigenvalue weighted by molar-refractivity contribution is -0.122. The van der Waals surface area contributed by atoms with Gasteiger partial charge in [0, 0.05) is 18.5 Å². The highest BCUT2D eigenvalue weighted by Crippen LogP contribution is 2.27. The van der Waals surface area contributed by atoms with Gasteiger partial charge in [0.1, 0.15) is 0 Å². The molecule has 1 unspecified atom stereocenters. The predicted molar refractivity (Wildman–Crippen MR) is 67.3 cm³/mol. The summed E-state index contributed by atoms with van der Waals surface area (Å²) in [6.45, 7) is 7.19. The maximum absolute atomic E-state index is 11.7. The van der Waals surface area contributed by atoms with Crippen molar-refractivity contribution in [3.05, 3.63) is 0 Å². The molecule has 94 valence electrons. The maximum atomic E-state index is 11.7. The van der Waals surface area contributed by atoms with Crippen LogP contribution in [-0.4, -0.2) is 24.5 Å². The van der Waals surface area contributed by atoms with E-state index in [4.69, 9.17) is 0 Å². The van der Waals surface area contributed by atoms with Crippen LogP contribution >= 0.6 is 0 Å². The molecule has 1 aliphatic carbocycles. The van der Waals surface area contributed by atoms with Gasteiger partial charge in [0.15, 0.2) is 0 Å². The van der Waals surface area contributed by atoms with Crippen LogP contribution in [0.25, 0.3) is 0 Å². The molecule has 0 aliphatic heterocycles. The SMILES string of the molecule is CCNC(C)CC(=O)N[C@@H](C)C1CCCC1. The van der Waals surface area contributed by atoms with Crippen LogP contribution in [0.4, 0.5) is 0 Å². The van der Waals surface area contributed by atoms with Gasteiger partial charge >= 0.3 is 0 Å². The molecule has 1 fully saturated rings. The average Bonchev–Trinajstić information content (AvgIpc) is 2.69. The van der Waals surface area contributed by atoms with Gasteiger partial charge in [-0.3, -0.25) is 4.79 Å². The zero-order chi connectivity index (χ0) is 12.0. The van der Waals surface area contributed by atoms with E-state index in [-0.39, 0.29) is 11.9 Å². The fourth-order valence-corrected chi connectivity index (χ4v) is 2.59. The second-order valence-electron chi connectivity index (χ2n) is 5.06. The standard InChI is InChI=1S/C13H26N2O/c1-4-14-10(2)9-13(16)15-11(3)12-7-5-6-8-12/h10-12,14H,4-9H2,1-3H3,(H,15,16)/t10?,11-/m0/s1. The van der Waals surface area contributed by atoms with Crippen molar-refractivity contribution < 1.29 is 4.79 Å². The van der Waals surface area contributed by atoms with E-state index < -0.39 is 0 Å². The molecule has 0 aromatic heterocycles. The molecule has 0 radical (unpaired) electrons. The van der Waals surface area contributed by atoms with Crippen LogP contribution < -0.4 is 10.6 Å². The van der Waals surface area contributed by atoms with Gasteiger partial charge < -0.3 is 10.6 Å². The predicted octanol–water partition coefficient (Wildman–Crippen LogP) is 2.07. The Morgan fingerprint density at radius 3 is 2.50 bits per heavy atom. The molecule has 0 bridgehead atoms. The Morgan fingerprint density at radius 2 is 1.94 bits per heavy atom. The number of carbonyl (C=O) groups excluding carboxylic acids is 1. The van der Waals surface area contributed by atoms with E-state index >= 15 is 0 Å². The molecule has 0 saturated heterocycles. The van der Waals surface area contributed by atoms with Gasteiger partial charge in [0.25, 0.3) is 0 Å². The van der Waals surface area contributed by atoms with Crippen molar-refractivity contribution in [1.29, 1.82) is 0 Å². The summed E-state index contributed by atoms with van der Waals surface area (Å²) in [7, 11) is 0. The van der Waals surface area contributed by atoms with Gasteiger partial charge in [0.05, 0.1) is 0 Å². The second kappa shape index (κ2) is 6.89. The number of rotatable bonds is 6. The summed E-state index contributed by atoms with van der Waals surface area (Å²) < 4.78 is 0. The van der Waals surface area contributed by atoms with E-state index in [0.29, 0.717) is 18.4 Å². The summed E-state index contributed by atoms with van der Waals surface area (Å²) in [5.41, 5.74) is 0. The van der Waals surface area contributed by atoms with Crippen molar-refractivity contribution >= 4 is 5.91 Å². The van der Waals surface area contributed by atoms with Crippen molar-refractivity contribution in [2.45, 2.75) is 65.0 Å². The minimum absolute atomic E-state index is 0.188. The zero-order valence-electron chi connectivity index (χ0n) is 10.9. The Hall–Kier alpha value is -0.570.